The second-order valence-corrected chi connectivity index (χ2v) is 26.4. The maximum Gasteiger partial charge on any atom is 0.314 e. The van der Waals surface area contributed by atoms with Gasteiger partial charge >= 0.3 is 5.97 Å². The van der Waals surface area contributed by atoms with Gasteiger partial charge in [-0.2, -0.15) is 0 Å². The molecule has 1 atom stereocenters. The highest BCUT2D eigenvalue weighted by Crippen LogP contribution is 2.42. The number of phenols is 1. The third-order valence-corrected chi connectivity index (χ3v) is 17.6. The van der Waals surface area contributed by atoms with Crippen LogP contribution in [0.3, 0.4) is 0 Å². The van der Waals surface area contributed by atoms with Gasteiger partial charge in [-0.25, -0.2) is 59.2 Å². The summed E-state index contributed by atoms with van der Waals surface area (Å²) in [6.07, 6.45) is 7.88. The van der Waals surface area contributed by atoms with E-state index in [1.165, 1.54) is 63.8 Å². The third-order valence-electron chi connectivity index (χ3n) is 16.7. The number of cyclic esters (lactones) is 1. The van der Waals surface area contributed by atoms with Crippen molar-refractivity contribution in [2.75, 3.05) is 34.5 Å². The lowest BCUT2D eigenvalue weighted by molar-refractivity contribution is -0.182. The maximum atomic E-state index is 14.5. The molecule has 1 aliphatic heterocycles. The topological polar surface area (TPSA) is 149 Å². The SMILES string of the molecule is COc1cc(F)c(CBr)c(Cl)c1.[C-]#[N+]C(C)(C)c1ccc(O)cc1F.[C-]#[N+]C(C)(C)c1ccc(OC)cc1F.[C-]#[N+]C(C)(C)c1ccc(OCC(=O)C2CCCC2)cc1F.[C-]#[N+]C(C)(C)c1ccc(OCC2(C3CCCC3)CC(=O)CC(=O)O2)cc1F.[C-]#[N+]Cc1ccc(OC)cc1F. The Morgan fingerprint density at radius 3 is 1.37 bits per heavy atom. The highest BCUT2D eigenvalue weighted by Gasteiger charge is 2.49. The summed E-state index contributed by atoms with van der Waals surface area (Å²) in [4.78, 5) is 52.5. The Labute approximate surface area is 589 Å². The lowest BCUT2D eigenvalue weighted by Gasteiger charge is -2.40. The molecule has 6 aromatic rings. The molecule has 1 heterocycles. The van der Waals surface area contributed by atoms with Crippen molar-refractivity contribution in [2.24, 2.45) is 11.8 Å². The zero-order valence-electron chi connectivity index (χ0n) is 57.3. The summed E-state index contributed by atoms with van der Waals surface area (Å²) in [5, 5.41) is 9.74. The average molecular weight is 1450 g/mol. The zero-order valence-corrected chi connectivity index (χ0v) is 59.6. The molecular formula is C76H81BrClF6N5O10. The van der Waals surface area contributed by atoms with Gasteiger partial charge in [0.05, 0.1) is 60.6 Å². The summed E-state index contributed by atoms with van der Waals surface area (Å²) < 4.78 is 113. The molecule has 1 N–H and O–H groups in total. The molecule has 9 rings (SSSR count). The molecule has 3 aliphatic rings. The fraction of sp³-hybridized carbons (Fsp3) is 0.421. The smallest absolute Gasteiger partial charge is 0.314 e. The molecule has 2 aliphatic carbocycles. The van der Waals surface area contributed by atoms with E-state index in [1.54, 1.807) is 110 Å². The third kappa shape index (κ3) is 23.7. The Hall–Kier alpha value is -9.27. The Morgan fingerprint density at radius 2 is 0.970 bits per heavy atom. The summed E-state index contributed by atoms with van der Waals surface area (Å²) in [5.41, 5.74) is -2.32. The minimum absolute atomic E-state index is 0.00430. The summed E-state index contributed by atoms with van der Waals surface area (Å²) in [5.74, 6) is -1.15. The van der Waals surface area contributed by atoms with E-state index in [1.807, 2.05) is 0 Å². The summed E-state index contributed by atoms with van der Waals surface area (Å²) in [7, 11) is 4.43. The number of benzene rings is 6. The van der Waals surface area contributed by atoms with Crippen LogP contribution in [-0.4, -0.2) is 62.8 Å². The van der Waals surface area contributed by atoms with Crippen LogP contribution in [0.1, 0.15) is 153 Å². The number of hydrogen-bond donors (Lipinski definition) is 1. The Bertz CT molecular complexity index is 3970. The second kappa shape index (κ2) is 37.6. The van der Waals surface area contributed by atoms with Crippen LogP contribution in [-0.2, 0) is 53.2 Å². The minimum Gasteiger partial charge on any atom is -0.508 e. The van der Waals surface area contributed by atoms with E-state index >= 15 is 0 Å². The van der Waals surface area contributed by atoms with E-state index in [9.17, 15) is 40.7 Å². The molecule has 0 radical (unpaired) electrons. The van der Waals surface area contributed by atoms with Crippen LogP contribution < -0.4 is 23.7 Å². The molecule has 2 saturated carbocycles. The van der Waals surface area contributed by atoms with Gasteiger partial charge in [-0.15, -0.1) is 0 Å². The number of alkyl halides is 1. The summed E-state index contributed by atoms with van der Waals surface area (Å²) in [6, 6.07) is 24.6. The average Bonchev–Trinajstić information content (AvgIpc) is 1.78. The number of ether oxygens (including phenoxy) is 6. The molecule has 6 aromatic carbocycles. The number of Topliss-reactive ketones (excluding diaryl/α,β-unsaturated/α-hetero) is 2. The van der Waals surface area contributed by atoms with Crippen LogP contribution in [0.5, 0.6) is 34.5 Å². The lowest BCUT2D eigenvalue weighted by atomic mass is 9.80. The van der Waals surface area contributed by atoms with Gasteiger partial charge in [0.25, 0.3) is 22.2 Å². The van der Waals surface area contributed by atoms with Crippen LogP contribution in [0, 0.1) is 79.6 Å². The van der Waals surface area contributed by atoms with Gasteiger partial charge in [0.2, 0.25) is 6.54 Å². The predicted octanol–water partition coefficient (Wildman–Crippen LogP) is 19.6. The molecule has 526 valence electrons. The first-order chi connectivity index (χ1) is 46.6. The van der Waals surface area contributed by atoms with E-state index in [-0.39, 0.29) is 73.4 Å². The molecule has 0 bridgehead atoms. The molecule has 1 saturated heterocycles. The van der Waals surface area contributed by atoms with Crippen molar-refractivity contribution in [2.45, 2.75) is 159 Å². The van der Waals surface area contributed by atoms with Gasteiger partial charge < -0.3 is 57.8 Å². The van der Waals surface area contributed by atoms with Crippen molar-refractivity contribution in [1.29, 1.82) is 0 Å². The van der Waals surface area contributed by atoms with E-state index < -0.39 is 57.0 Å². The van der Waals surface area contributed by atoms with Gasteiger partial charge in [0, 0.05) is 115 Å². The second-order valence-electron chi connectivity index (χ2n) is 25.4. The number of ketones is 2. The number of hydrogen-bond acceptors (Lipinski definition) is 10. The van der Waals surface area contributed by atoms with Crippen LogP contribution in [0.15, 0.2) is 103 Å². The van der Waals surface area contributed by atoms with Gasteiger partial charge in [-0.3, -0.25) is 14.4 Å². The summed E-state index contributed by atoms with van der Waals surface area (Å²) in [6.45, 7) is 48.1. The first-order valence-electron chi connectivity index (χ1n) is 31.4. The van der Waals surface area contributed by atoms with E-state index in [0.717, 1.165) is 57.4 Å². The first kappa shape index (κ1) is 82.2. The maximum absolute atomic E-state index is 14.5. The number of phenolic OH excluding ortho intramolecular Hbond substituents is 1. The number of nitrogens with zero attached hydrogens (tertiary/aromatic N) is 5. The molecule has 15 nitrogen and oxygen atoms in total. The predicted molar refractivity (Wildman–Crippen MR) is 369 cm³/mol. The molecule has 0 amide bonds. The molecular weight excluding hydrogens is 1370 g/mol. The molecule has 0 spiro atoms. The van der Waals surface area contributed by atoms with Crippen LogP contribution in [0.25, 0.3) is 24.2 Å². The fourth-order valence-corrected chi connectivity index (χ4v) is 11.7. The van der Waals surface area contributed by atoms with Crippen molar-refractivity contribution >= 4 is 45.1 Å². The van der Waals surface area contributed by atoms with E-state index in [2.05, 4.69) is 40.2 Å². The van der Waals surface area contributed by atoms with Gasteiger partial charge in [0.1, 0.15) is 94.8 Å². The van der Waals surface area contributed by atoms with Crippen molar-refractivity contribution in [3.63, 3.8) is 0 Å². The molecule has 23 heteroatoms. The highest BCUT2D eigenvalue weighted by atomic mass is 79.9. The van der Waals surface area contributed by atoms with Crippen molar-refractivity contribution in [1.82, 2.24) is 0 Å². The van der Waals surface area contributed by atoms with Crippen LogP contribution >= 0.6 is 27.5 Å². The number of methoxy groups -OCH3 is 3. The first-order valence-corrected chi connectivity index (χ1v) is 32.9. The highest BCUT2D eigenvalue weighted by molar-refractivity contribution is 9.08. The Balaban J connectivity index is 0.000000260. The van der Waals surface area contributed by atoms with Crippen LogP contribution in [0.2, 0.25) is 5.02 Å². The number of rotatable bonds is 17. The molecule has 99 heavy (non-hydrogen) atoms. The number of halogens is 8. The van der Waals surface area contributed by atoms with Gasteiger partial charge in [-0.05, 0) is 92.4 Å². The lowest BCUT2D eigenvalue weighted by Crippen LogP contribution is -2.51. The van der Waals surface area contributed by atoms with E-state index in [0.29, 0.717) is 72.5 Å². The Morgan fingerprint density at radius 1 is 0.566 bits per heavy atom. The van der Waals surface area contributed by atoms with E-state index in [4.69, 9.17) is 78.0 Å². The molecule has 0 aromatic heterocycles. The number of aromatic hydroxyl groups is 1. The fourth-order valence-electron chi connectivity index (χ4n) is 10.7. The monoisotopic (exact) mass is 1450 g/mol. The van der Waals surface area contributed by atoms with Gasteiger partial charge in [0.15, 0.2) is 11.4 Å². The van der Waals surface area contributed by atoms with Crippen molar-refractivity contribution in [3.05, 3.63) is 234 Å². The quantitative estimate of drug-likeness (QED) is 0.0307. The largest absolute Gasteiger partial charge is 0.508 e. The number of carbonyl (C=O) groups is 3. The van der Waals surface area contributed by atoms with Gasteiger partial charge in [-0.1, -0.05) is 53.2 Å². The number of carbonyl (C=O) groups excluding carboxylic acids is 3. The van der Waals surface area contributed by atoms with Crippen molar-refractivity contribution < 1.29 is 74.3 Å². The molecule has 3 fully saturated rings. The standard InChI is InChI=1S/C21H24FNO4.C17H20FNO2.C11H12FNO.C10H10FNO.C9H8FNO.C8H7BrClFO/c1-20(2,23-3)17-9-8-16(11-18(17)22)26-13-21(14-6-4-5-7-14)12-15(24)10-19(25)27-21;1-17(2,19-3)14-9-8-13(10-15(14)18)21-11-16(20)12-6-4-5-7-12;1-11(2,13-3)9-6-5-8(14-4)7-10(9)12;1-10(2,12-3)8-5-4-7(13)6-9(8)11;1-11-6-7-3-4-8(12-2)5-9(7)10;1-12-5-2-7(10)6(4-9)8(11)3-5/h8-9,11,14H,4-7,10,12-13H2,1-2H3;8-10,12H,4-7,11H2,1-2H3;5-7H,1-2,4H3;4-6,13H,1-2H3;3-5H,6H2,2H3;2-3H,4H2,1H3. The minimum atomic E-state index is -0.964. The zero-order chi connectivity index (χ0) is 74.1. The van der Waals surface area contributed by atoms with Crippen molar-refractivity contribution in [3.8, 4) is 34.5 Å². The molecule has 1 unspecified atom stereocenters. The Kier molecular flexibility index (Phi) is 31.2. The normalized spacial score (nSPS) is 15.1. The summed E-state index contributed by atoms with van der Waals surface area (Å²) >= 11 is 8.90. The van der Waals surface area contributed by atoms with Crippen LogP contribution in [0.4, 0.5) is 26.3 Å². The number of esters is 1.